The number of anilines is 1. The quantitative estimate of drug-likeness (QED) is 0.888. The van der Waals surface area contributed by atoms with Gasteiger partial charge in [-0.3, -0.25) is 14.3 Å². The molecule has 0 bridgehead atoms. The summed E-state index contributed by atoms with van der Waals surface area (Å²) in [6.45, 7) is 5.09. The molecule has 1 aromatic carbocycles. The molecular formula is C15H16FN3O5. The van der Waals surface area contributed by atoms with E-state index in [1.807, 2.05) is 0 Å². The summed E-state index contributed by atoms with van der Waals surface area (Å²) in [6, 6.07) is 2.44. The highest BCUT2D eigenvalue weighted by Gasteiger charge is 2.36. The lowest BCUT2D eigenvalue weighted by molar-refractivity contribution is -0.124. The summed E-state index contributed by atoms with van der Waals surface area (Å²) in [6.07, 6.45) is -1.93. The molecule has 2 heterocycles. The number of rotatable bonds is 2. The van der Waals surface area contributed by atoms with Gasteiger partial charge in [0.05, 0.1) is 12.2 Å². The van der Waals surface area contributed by atoms with Crippen LogP contribution in [0.1, 0.15) is 20.8 Å². The molecular weight excluding hydrogens is 321 g/mol. The molecule has 3 rings (SSSR count). The van der Waals surface area contributed by atoms with Crippen molar-refractivity contribution < 1.29 is 23.1 Å². The van der Waals surface area contributed by atoms with E-state index in [1.165, 1.54) is 10.6 Å². The van der Waals surface area contributed by atoms with E-state index >= 15 is 0 Å². The Hall–Kier alpha value is -2.84. The topological polar surface area (TPSA) is 108 Å². The number of fused-ring (bicyclic) bond motifs is 1. The number of carbonyl (C=O) groups is 2. The average molecular weight is 337 g/mol. The summed E-state index contributed by atoms with van der Waals surface area (Å²) >= 11 is 0. The number of halogens is 1. The van der Waals surface area contributed by atoms with Gasteiger partial charge in [0.1, 0.15) is 5.52 Å². The molecule has 1 aromatic heterocycles. The maximum Gasteiger partial charge on any atom is 0.420 e. The Labute approximate surface area is 135 Å². The molecule has 1 saturated heterocycles. The normalized spacial score (nSPS) is 18.2. The molecule has 1 fully saturated rings. The van der Waals surface area contributed by atoms with Crippen LogP contribution in [0, 0.1) is 5.82 Å². The molecule has 0 saturated carbocycles. The van der Waals surface area contributed by atoms with Crippen LogP contribution in [0.3, 0.4) is 0 Å². The van der Waals surface area contributed by atoms with Gasteiger partial charge >= 0.3 is 11.8 Å². The Morgan fingerprint density at radius 2 is 2.00 bits per heavy atom. The zero-order chi connectivity index (χ0) is 17.8. The molecule has 9 heteroatoms. The van der Waals surface area contributed by atoms with Gasteiger partial charge in [0.25, 0.3) is 5.91 Å². The van der Waals surface area contributed by atoms with Crippen molar-refractivity contribution in [3.8, 4) is 0 Å². The Kier molecular flexibility index (Phi) is 3.40. The first kappa shape index (κ1) is 16.0. The molecule has 128 valence electrons. The molecule has 0 unspecified atom stereocenters. The van der Waals surface area contributed by atoms with Gasteiger partial charge in [0.15, 0.2) is 17.5 Å². The number of aromatic nitrogens is 1. The van der Waals surface area contributed by atoms with Crippen molar-refractivity contribution in [2.24, 2.45) is 5.73 Å². The summed E-state index contributed by atoms with van der Waals surface area (Å²) in [4.78, 5) is 36.1. The number of hydrogen-bond donors (Lipinski definition) is 1. The van der Waals surface area contributed by atoms with Crippen molar-refractivity contribution in [3.63, 3.8) is 0 Å². The van der Waals surface area contributed by atoms with Gasteiger partial charge in [-0.25, -0.2) is 14.0 Å². The van der Waals surface area contributed by atoms with Gasteiger partial charge in [0, 0.05) is 17.7 Å². The molecule has 1 atom stereocenters. The monoisotopic (exact) mass is 337 g/mol. The first-order valence-corrected chi connectivity index (χ1v) is 7.22. The van der Waals surface area contributed by atoms with Crippen LogP contribution in [-0.4, -0.2) is 29.2 Å². The number of carbonyl (C=O) groups excluding carboxylic acids is 2. The van der Waals surface area contributed by atoms with Gasteiger partial charge in [-0.1, -0.05) is 0 Å². The first-order chi connectivity index (χ1) is 11.1. The largest absolute Gasteiger partial charge is 0.434 e. The third-order valence-electron chi connectivity index (χ3n) is 3.73. The molecule has 0 spiro atoms. The lowest BCUT2D eigenvalue weighted by atomic mass is 10.1. The van der Waals surface area contributed by atoms with Gasteiger partial charge in [-0.2, -0.15) is 0 Å². The van der Waals surface area contributed by atoms with Crippen LogP contribution >= 0.6 is 0 Å². The van der Waals surface area contributed by atoms with Gasteiger partial charge < -0.3 is 14.9 Å². The van der Waals surface area contributed by atoms with Crippen LogP contribution in [0.25, 0.3) is 11.1 Å². The van der Waals surface area contributed by atoms with E-state index in [2.05, 4.69) is 0 Å². The molecule has 1 aliphatic rings. The second-order valence-electron chi connectivity index (χ2n) is 6.53. The predicted molar refractivity (Wildman–Crippen MR) is 82.2 cm³/mol. The zero-order valence-corrected chi connectivity index (χ0v) is 13.3. The van der Waals surface area contributed by atoms with Gasteiger partial charge in [-0.05, 0) is 20.8 Å². The minimum Gasteiger partial charge on any atom is -0.434 e. The minimum atomic E-state index is -1.11. The van der Waals surface area contributed by atoms with Crippen LogP contribution in [0.4, 0.5) is 14.9 Å². The van der Waals surface area contributed by atoms with Crippen LogP contribution in [0.5, 0.6) is 0 Å². The second kappa shape index (κ2) is 5.08. The Morgan fingerprint density at radius 1 is 1.33 bits per heavy atom. The minimum absolute atomic E-state index is 0.000231. The number of primary amides is 1. The van der Waals surface area contributed by atoms with Crippen LogP contribution in [-0.2, 0) is 15.1 Å². The van der Waals surface area contributed by atoms with Gasteiger partial charge in [0.2, 0.25) is 0 Å². The van der Waals surface area contributed by atoms with E-state index in [1.54, 1.807) is 20.8 Å². The van der Waals surface area contributed by atoms with Crippen molar-refractivity contribution >= 4 is 28.8 Å². The number of nitrogens with zero attached hydrogens (tertiary/aromatic N) is 2. The highest BCUT2D eigenvalue weighted by molar-refractivity contribution is 5.96. The molecule has 24 heavy (non-hydrogen) atoms. The molecule has 8 nitrogen and oxygen atoms in total. The van der Waals surface area contributed by atoms with Crippen molar-refractivity contribution in [2.45, 2.75) is 32.4 Å². The lowest BCUT2D eigenvalue weighted by Crippen LogP contribution is -2.32. The van der Waals surface area contributed by atoms with Crippen LogP contribution < -0.4 is 16.4 Å². The fourth-order valence-corrected chi connectivity index (χ4v) is 2.67. The summed E-state index contributed by atoms with van der Waals surface area (Å²) in [5.74, 6) is -2.22. The molecule has 1 aliphatic heterocycles. The van der Waals surface area contributed by atoms with E-state index < -0.39 is 35.2 Å². The number of benzene rings is 1. The van der Waals surface area contributed by atoms with Crippen molar-refractivity contribution in [3.05, 3.63) is 28.5 Å². The first-order valence-electron chi connectivity index (χ1n) is 7.22. The number of nitrogens with two attached hydrogens (primary N) is 1. The number of oxazole rings is 1. The molecule has 2 aromatic rings. The van der Waals surface area contributed by atoms with Gasteiger partial charge in [-0.15, -0.1) is 0 Å². The number of hydrogen-bond acceptors (Lipinski definition) is 5. The Balaban J connectivity index is 2.12. The van der Waals surface area contributed by atoms with Crippen molar-refractivity contribution in [2.75, 3.05) is 11.4 Å². The number of cyclic esters (lactones) is 1. The van der Waals surface area contributed by atoms with E-state index in [-0.39, 0.29) is 23.3 Å². The SMILES string of the molecule is CC(C)(C)n1c(=O)oc2cc(N3C[C@H](C(N)=O)OC3=O)cc(F)c21. The summed E-state index contributed by atoms with van der Waals surface area (Å²) in [7, 11) is 0. The molecule has 0 radical (unpaired) electrons. The van der Waals surface area contributed by atoms with Crippen LogP contribution in [0.15, 0.2) is 21.3 Å². The fraction of sp³-hybridized carbons (Fsp3) is 0.400. The molecule has 2 amide bonds. The Bertz CT molecular complexity index is 908. The standard InChI is InChI=1S/C15H16FN3O5/c1-15(2,3)19-11-8(16)4-7(5-9(11)23-14(19)22)18-6-10(12(17)20)24-13(18)21/h4-5,10H,6H2,1-3H3,(H2,17,20)/t10-/m1/s1. The third-order valence-corrected chi connectivity index (χ3v) is 3.73. The number of amides is 2. The lowest BCUT2D eigenvalue weighted by Gasteiger charge is -2.20. The van der Waals surface area contributed by atoms with E-state index in [4.69, 9.17) is 14.9 Å². The average Bonchev–Trinajstić information content (AvgIpc) is 2.98. The smallest absolute Gasteiger partial charge is 0.420 e. The summed E-state index contributed by atoms with van der Waals surface area (Å²) in [5.41, 5.74) is 4.55. The molecule has 0 aliphatic carbocycles. The number of ether oxygens (including phenoxy) is 1. The zero-order valence-electron chi connectivity index (χ0n) is 13.3. The Morgan fingerprint density at radius 3 is 2.54 bits per heavy atom. The van der Waals surface area contributed by atoms with Crippen LogP contribution in [0.2, 0.25) is 0 Å². The fourth-order valence-electron chi connectivity index (χ4n) is 2.67. The van der Waals surface area contributed by atoms with Crippen molar-refractivity contribution in [1.29, 1.82) is 0 Å². The highest BCUT2D eigenvalue weighted by Crippen LogP contribution is 2.30. The van der Waals surface area contributed by atoms with Crippen molar-refractivity contribution in [1.82, 2.24) is 4.57 Å². The van der Waals surface area contributed by atoms with E-state index in [0.717, 1.165) is 11.0 Å². The maximum absolute atomic E-state index is 14.6. The van der Waals surface area contributed by atoms with E-state index in [9.17, 15) is 18.8 Å². The highest BCUT2D eigenvalue weighted by atomic mass is 19.1. The predicted octanol–water partition coefficient (Wildman–Crippen LogP) is 1.30. The molecule has 2 N–H and O–H groups in total. The van der Waals surface area contributed by atoms with E-state index in [0.29, 0.717) is 0 Å². The second-order valence-corrected chi connectivity index (χ2v) is 6.53. The maximum atomic E-state index is 14.6. The summed E-state index contributed by atoms with van der Waals surface area (Å²) in [5, 5.41) is 0. The summed E-state index contributed by atoms with van der Waals surface area (Å²) < 4.78 is 25.7. The third kappa shape index (κ3) is 2.41.